The van der Waals surface area contributed by atoms with Crippen LogP contribution >= 0.6 is 11.8 Å². The molecule has 21 heavy (non-hydrogen) atoms. The molecule has 0 bridgehead atoms. The molecule has 0 aliphatic carbocycles. The molecule has 2 heterocycles. The SMILES string of the molecule is O=C(O)c1ccc(Sc2ccc3c(c2)OCCCO3)cn1. The van der Waals surface area contributed by atoms with Gasteiger partial charge >= 0.3 is 5.97 Å². The molecule has 6 heteroatoms. The normalized spacial score (nSPS) is 13.5. The lowest BCUT2D eigenvalue weighted by Crippen LogP contribution is -1.98. The molecule has 108 valence electrons. The van der Waals surface area contributed by atoms with Gasteiger partial charge in [-0.1, -0.05) is 11.8 Å². The largest absolute Gasteiger partial charge is 0.490 e. The van der Waals surface area contributed by atoms with Crippen molar-refractivity contribution in [1.29, 1.82) is 0 Å². The minimum atomic E-state index is -1.03. The molecule has 0 radical (unpaired) electrons. The second-order valence-electron chi connectivity index (χ2n) is 4.45. The number of aromatic nitrogens is 1. The summed E-state index contributed by atoms with van der Waals surface area (Å²) in [5.41, 5.74) is 0.0398. The summed E-state index contributed by atoms with van der Waals surface area (Å²) in [6.45, 7) is 1.32. The van der Waals surface area contributed by atoms with Crippen LogP contribution < -0.4 is 9.47 Å². The van der Waals surface area contributed by atoms with E-state index in [1.165, 1.54) is 17.8 Å². The molecule has 1 aromatic carbocycles. The highest BCUT2D eigenvalue weighted by Crippen LogP contribution is 2.36. The van der Waals surface area contributed by atoms with E-state index in [-0.39, 0.29) is 5.69 Å². The van der Waals surface area contributed by atoms with Crippen LogP contribution in [0.4, 0.5) is 0 Å². The predicted octanol–water partition coefficient (Wildman–Crippen LogP) is 3.09. The Balaban J connectivity index is 1.78. The molecule has 0 fully saturated rings. The van der Waals surface area contributed by atoms with Gasteiger partial charge in [-0.2, -0.15) is 0 Å². The van der Waals surface area contributed by atoms with Crippen molar-refractivity contribution in [2.45, 2.75) is 16.2 Å². The van der Waals surface area contributed by atoms with E-state index in [1.54, 1.807) is 12.3 Å². The fourth-order valence-electron chi connectivity index (χ4n) is 1.91. The number of carbonyl (C=O) groups is 1. The maximum atomic E-state index is 10.8. The third-order valence-electron chi connectivity index (χ3n) is 2.91. The van der Waals surface area contributed by atoms with Gasteiger partial charge in [0.05, 0.1) is 13.2 Å². The van der Waals surface area contributed by atoms with E-state index in [2.05, 4.69) is 4.98 Å². The van der Waals surface area contributed by atoms with Crippen molar-refractivity contribution in [1.82, 2.24) is 4.98 Å². The average molecular weight is 303 g/mol. The van der Waals surface area contributed by atoms with Crippen LogP contribution in [0.5, 0.6) is 11.5 Å². The van der Waals surface area contributed by atoms with Gasteiger partial charge in [-0.3, -0.25) is 0 Å². The van der Waals surface area contributed by atoms with E-state index in [9.17, 15) is 4.79 Å². The first-order valence-electron chi connectivity index (χ1n) is 6.49. The lowest BCUT2D eigenvalue weighted by Gasteiger charge is -2.09. The van der Waals surface area contributed by atoms with Crippen molar-refractivity contribution in [3.63, 3.8) is 0 Å². The van der Waals surface area contributed by atoms with Gasteiger partial charge in [-0.15, -0.1) is 0 Å². The number of ether oxygens (including phenoxy) is 2. The van der Waals surface area contributed by atoms with Crippen molar-refractivity contribution in [3.8, 4) is 11.5 Å². The summed E-state index contributed by atoms with van der Waals surface area (Å²) < 4.78 is 11.2. The number of hydrogen-bond acceptors (Lipinski definition) is 5. The Bertz CT molecular complexity index is 657. The van der Waals surface area contributed by atoms with Crippen LogP contribution in [-0.4, -0.2) is 29.3 Å². The van der Waals surface area contributed by atoms with Gasteiger partial charge in [0.2, 0.25) is 0 Å². The number of fused-ring (bicyclic) bond motifs is 1. The van der Waals surface area contributed by atoms with Crippen LogP contribution in [0.3, 0.4) is 0 Å². The van der Waals surface area contributed by atoms with E-state index < -0.39 is 5.97 Å². The molecule has 0 saturated heterocycles. The average Bonchev–Trinajstić information content (AvgIpc) is 2.72. The molecule has 1 aromatic heterocycles. The van der Waals surface area contributed by atoms with Gasteiger partial charge in [0.25, 0.3) is 0 Å². The highest BCUT2D eigenvalue weighted by Gasteiger charge is 2.11. The predicted molar refractivity (Wildman–Crippen MR) is 77.4 cm³/mol. The van der Waals surface area contributed by atoms with E-state index in [1.807, 2.05) is 18.2 Å². The van der Waals surface area contributed by atoms with E-state index in [0.717, 1.165) is 27.7 Å². The van der Waals surface area contributed by atoms with E-state index >= 15 is 0 Å². The molecule has 2 aromatic rings. The number of pyridine rings is 1. The Kier molecular flexibility index (Phi) is 3.96. The molecular weight excluding hydrogens is 290 g/mol. The minimum absolute atomic E-state index is 0.0398. The molecule has 5 nitrogen and oxygen atoms in total. The van der Waals surface area contributed by atoms with Crippen molar-refractivity contribution >= 4 is 17.7 Å². The van der Waals surface area contributed by atoms with Crippen LogP contribution in [0.2, 0.25) is 0 Å². The number of benzene rings is 1. The van der Waals surface area contributed by atoms with Crippen molar-refractivity contribution in [2.75, 3.05) is 13.2 Å². The fraction of sp³-hybridized carbons (Fsp3) is 0.200. The standard InChI is InChI=1S/C15H13NO4S/c17-15(18)12-4-2-11(9-16-12)21-10-3-5-13-14(8-10)20-7-1-6-19-13/h2-5,8-9H,1,6-7H2,(H,17,18). The molecule has 1 N–H and O–H groups in total. The lowest BCUT2D eigenvalue weighted by atomic mass is 10.3. The van der Waals surface area contributed by atoms with Crippen LogP contribution in [0.15, 0.2) is 46.3 Å². The zero-order valence-electron chi connectivity index (χ0n) is 11.1. The lowest BCUT2D eigenvalue weighted by molar-refractivity contribution is 0.0690. The van der Waals surface area contributed by atoms with Crippen LogP contribution in [0, 0.1) is 0 Å². The zero-order chi connectivity index (χ0) is 14.7. The highest BCUT2D eigenvalue weighted by molar-refractivity contribution is 7.99. The smallest absolute Gasteiger partial charge is 0.354 e. The second-order valence-corrected chi connectivity index (χ2v) is 5.59. The first-order valence-corrected chi connectivity index (χ1v) is 7.31. The fourth-order valence-corrected chi connectivity index (χ4v) is 2.73. The van der Waals surface area contributed by atoms with Gasteiger partial charge in [0.15, 0.2) is 11.5 Å². The summed E-state index contributed by atoms with van der Waals surface area (Å²) in [5, 5.41) is 8.82. The summed E-state index contributed by atoms with van der Waals surface area (Å²) in [6.07, 6.45) is 2.43. The Morgan fingerprint density at radius 2 is 1.86 bits per heavy atom. The topological polar surface area (TPSA) is 68.7 Å². The summed E-state index contributed by atoms with van der Waals surface area (Å²) in [7, 11) is 0. The van der Waals surface area contributed by atoms with Crippen molar-refractivity contribution in [3.05, 3.63) is 42.2 Å². The summed E-state index contributed by atoms with van der Waals surface area (Å²) in [4.78, 5) is 16.5. The highest BCUT2D eigenvalue weighted by atomic mass is 32.2. The zero-order valence-corrected chi connectivity index (χ0v) is 11.9. The number of nitrogens with zero attached hydrogens (tertiary/aromatic N) is 1. The quantitative estimate of drug-likeness (QED) is 0.939. The Hall–Kier alpha value is -2.21. The van der Waals surface area contributed by atoms with Gasteiger partial charge < -0.3 is 14.6 Å². The van der Waals surface area contributed by atoms with Gasteiger partial charge in [0.1, 0.15) is 5.69 Å². The Morgan fingerprint density at radius 3 is 2.57 bits per heavy atom. The number of carboxylic acids is 1. The second kappa shape index (κ2) is 6.05. The Labute approximate surface area is 125 Å². The summed E-state index contributed by atoms with van der Waals surface area (Å²) in [6, 6.07) is 9.00. The van der Waals surface area contributed by atoms with Crippen molar-refractivity contribution in [2.24, 2.45) is 0 Å². The number of hydrogen-bond donors (Lipinski definition) is 1. The van der Waals surface area contributed by atoms with Crippen molar-refractivity contribution < 1.29 is 19.4 Å². The third-order valence-corrected chi connectivity index (χ3v) is 3.88. The van der Waals surface area contributed by atoms with Crippen LogP contribution in [0.25, 0.3) is 0 Å². The van der Waals surface area contributed by atoms with E-state index in [0.29, 0.717) is 13.2 Å². The molecule has 0 amide bonds. The summed E-state index contributed by atoms with van der Waals surface area (Å²) in [5.74, 6) is 0.478. The van der Waals surface area contributed by atoms with E-state index in [4.69, 9.17) is 14.6 Å². The minimum Gasteiger partial charge on any atom is -0.490 e. The summed E-state index contributed by atoms with van der Waals surface area (Å²) >= 11 is 1.50. The molecule has 0 saturated carbocycles. The maximum Gasteiger partial charge on any atom is 0.354 e. The molecule has 0 unspecified atom stereocenters. The molecular formula is C15H13NO4S. The van der Waals surface area contributed by atoms with Crippen LogP contribution in [0.1, 0.15) is 16.9 Å². The molecule has 1 aliphatic rings. The maximum absolute atomic E-state index is 10.8. The molecule has 1 aliphatic heterocycles. The first-order chi connectivity index (χ1) is 10.2. The molecule has 3 rings (SSSR count). The number of aromatic carboxylic acids is 1. The Morgan fingerprint density at radius 1 is 1.10 bits per heavy atom. The molecule has 0 atom stereocenters. The monoisotopic (exact) mass is 303 g/mol. The van der Waals surface area contributed by atoms with Crippen LogP contribution in [-0.2, 0) is 0 Å². The molecule has 0 spiro atoms. The van der Waals surface area contributed by atoms with Gasteiger partial charge in [0, 0.05) is 22.4 Å². The third kappa shape index (κ3) is 3.28. The first kappa shape index (κ1) is 13.8. The van der Waals surface area contributed by atoms with Gasteiger partial charge in [-0.25, -0.2) is 9.78 Å². The van der Waals surface area contributed by atoms with Gasteiger partial charge in [-0.05, 0) is 30.3 Å². The number of rotatable bonds is 3. The number of carboxylic acid groups (broad SMARTS) is 1.